The number of fused-ring (bicyclic) bond motifs is 1. The van der Waals surface area contributed by atoms with E-state index in [1.165, 1.54) is 11.0 Å². The van der Waals surface area contributed by atoms with Crippen LogP contribution in [0.1, 0.15) is 20.1 Å². The summed E-state index contributed by atoms with van der Waals surface area (Å²) in [6.07, 6.45) is -1.03. The van der Waals surface area contributed by atoms with Crippen LogP contribution in [0.25, 0.3) is 11.0 Å². The van der Waals surface area contributed by atoms with Crippen LogP contribution in [0.4, 0.5) is 0 Å². The van der Waals surface area contributed by atoms with Gasteiger partial charge in [-0.1, -0.05) is 13.8 Å². The standard InChI is InChI=1S/C13H18N4O4S/c1-6(2)22-12-7-3-16-17(11(7)14-5-15-12)13-10(20)9(19)8(4-18)21-13/h3,5-6,8-10,13,18-20H,4H2,1-2H3/t8-,9-,10-,13?/m1/s1. The molecule has 3 rings (SSSR count). The fourth-order valence-electron chi connectivity index (χ4n) is 2.43. The average molecular weight is 326 g/mol. The highest BCUT2D eigenvalue weighted by Gasteiger charge is 2.44. The van der Waals surface area contributed by atoms with E-state index in [4.69, 9.17) is 4.74 Å². The number of hydrogen-bond donors (Lipinski definition) is 3. The summed E-state index contributed by atoms with van der Waals surface area (Å²) in [6, 6.07) is 0. The van der Waals surface area contributed by atoms with Gasteiger partial charge in [-0.05, 0) is 0 Å². The van der Waals surface area contributed by atoms with Crippen molar-refractivity contribution in [1.29, 1.82) is 0 Å². The Morgan fingerprint density at radius 2 is 2.09 bits per heavy atom. The van der Waals surface area contributed by atoms with Crippen LogP contribution in [0.5, 0.6) is 0 Å². The molecule has 120 valence electrons. The van der Waals surface area contributed by atoms with Crippen molar-refractivity contribution in [2.24, 2.45) is 0 Å². The largest absolute Gasteiger partial charge is 0.394 e. The van der Waals surface area contributed by atoms with Crippen LogP contribution in [0.15, 0.2) is 17.6 Å². The summed E-state index contributed by atoms with van der Waals surface area (Å²) in [7, 11) is 0. The van der Waals surface area contributed by atoms with Crippen LogP contribution in [-0.2, 0) is 4.74 Å². The fraction of sp³-hybridized carbons (Fsp3) is 0.615. The van der Waals surface area contributed by atoms with Gasteiger partial charge in [0.05, 0.1) is 18.2 Å². The van der Waals surface area contributed by atoms with Gasteiger partial charge in [-0.25, -0.2) is 14.6 Å². The molecule has 4 atom stereocenters. The number of rotatable bonds is 4. The Labute approximate surface area is 131 Å². The van der Waals surface area contributed by atoms with E-state index in [-0.39, 0.29) is 6.61 Å². The highest BCUT2D eigenvalue weighted by Crippen LogP contribution is 2.33. The molecule has 1 aliphatic rings. The second-order valence-corrected chi connectivity index (χ2v) is 6.97. The smallest absolute Gasteiger partial charge is 0.181 e. The number of aromatic nitrogens is 4. The SMILES string of the molecule is CC(C)Sc1ncnc2c1cnn2C1O[C@H](CO)[C@@H](O)[C@H]1O. The predicted molar refractivity (Wildman–Crippen MR) is 79.3 cm³/mol. The zero-order chi connectivity index (χ0) is 15.9. The van der Waals surface area contributed by atoms with Gasteiger partial charge < -0.3 is 20.1 Å². The highest BCUT2D eigenvalue weighted by molar-refractivity contribution is 8.00. The second kappa shape index (κ2) is 6.09. The zero-order valence-electron chi connectivity index (χ0n) is 12.2. The van der Waals surface area contributed by atoms with Gasteiger partial charge in [-0.15, -0.1) is 11.8 Å². The molecule has 0 amide bonds. The van der Waals surface area contributed by atoms with Crippen molar-refractivity contribution < 1.29 is 20.1 Å². The van der Waals surface area contributed by atoms with E-state index in [9.17, 15) is 15.3 Å². The molecule has 0 aromatic carbocycles. The van der Waals surface area contributed by atoms with E-state index >= 15 is 0 Å². The van der Waals surface area contributed by atoms with Crippen molar-refractivity contribution in [3.8, 4) is 0 Å². The normalized spacial score (nSPS) is 28.8. The maximum Gasteiger partial charge on any atom is 0.181 e. The van der Waals surface area contributed by atoms with E-state index in [1.807, 2.05) is 0 Å². The Hall–Kier alpha value is -1.26. The van der Waals surface area contributed by atoms with Crippen LogP contribution >= 0.6 is 11.8 Å². The highest BCUT2D eigenvalue weighted by atomic mass is 32.2. The lowest BCUT2D eigenvalue weighted by atomic mass is 10.1. The Balaban J connectivity index is 1.99. The van der Waals surface area contributed by atoms with Crippen molar-refractivity contribution in [2.45, 2.75) is 48.7 Å². The molecule has 1 saturated heterocycles. The van der Waals surface area contributed by atoms with Crippen molar-refractivity contribution in [2.75, 3.05) is 6.61 Å². The van der Waals surface area contributed by atoms with E-state index in [2.05, 4.69) is 28.9 Å². The summed E-state index contributed by atoms with van der Waals surface area (Å²) in [5.41, 5.74) is 0.521. The zero-order valence-corrected chi connectivity index (χ0v) is 13.0. The van der Waals surface area contributed by atoms with Gasteiger partial charge in [-0.3, -0.25) is 0 Å². The Bertz CT molecular complexity index is 665. The van der Waals surface area contributed by atoms with Crippen LogP contribution < -0.4 is 0 Å². The summed E-state index contributed by atoms with van der Waals surface area (Å²) in [4.78, 5) is 8.46. The molecule has 0 bridgehead atoms. The fourth-order valence-corrected chi connectivity index (χ4v) is 3.25. The van der Waals surface area contributed by atoms with Crippen molar-refractivity contribution in [1.82, 2.24) is 19.7 Å². The molecule has 0 saturated carbocycles. The number of aliphatic hydroxyl groups is 3. The molecule has 3 heterocycles. The van der Waals surface area contributed by atoms with Crippen molar-refractivity contribution in [3.05, 3.63) is 12.5 Å². The molecule has 0 aliphatic carbocycles. The first kappa shape index (κ1) is 15.6. The topological polar surface area (TPSA) is 114 Å². The molecule has 1 fully saturated rings. The molecular formula is C13H18N4O4S. The summed E-state index contributed by atoms with van der Waals surface area (Å²) in [6.45, 7) is 3.75. The Kier molecular flexibility index (Phi) is 4.33. The number of aliphatic hydroxyl groups excluding tert-OH is 3. The molecular weight excluding hydrogens is 308 g/mol. The van der Waals surface area contributed by atoms with Crippen LogP contribution in [0, 0.1) is 0 Å². The first-order valence-electron chi connectivity index (χ1n) is 7.00. The molecule has 22 heavy (non-hydrogen) atoms. The molecule has 1 aliphatic heterocycles. The molecule has 2 aromatic heterocycles. The van der Waals surface area contributed by atoms with Gasteiger partial charge >= 0.3 is 0 Å². The molecule has 3 N–H and O–H groups in total. The van der Waals surface area contributed by atoms with Gasteiger partial charge in [-0.2, -0.15) is 5.10 Å². The first-order chi connectivity index (χ1) is 10.5. The molecule has 8 nitrogen and oxygen atoms in total. The molecule has 0 spiro atoms. The van der Waals surface area contributed by atoms with Gasteiger partial charge in [0.1, 0.15) is 29.7 Å². The molecule has 9 heteroatoms. The average Bonchev–Trinajstić information content (AvgIpc) is 3.02. The summed E-state index contributed by atoms with van der Waals surface area (Å²) < 4.78 is 6.91. The lowest BCUT2D eigenvalue weighted by molar-refractivity contribution is -0.0566. The minimum absolute atomic E-state index is 0.357. The van der Waals surface area contributed by atoms with Gasteiger partial charge in [0, 0.05) is 5.25 Å². The lowest BCUT2D eigenvalue weighted by Gasteiger charge is -2.15. The minimum Gasteiger partial charge on any atom is -0.394 e. The number of hydrogen-bond acceptors (Lipinski definition) is 8. The van der Waals surface area contributed by atoms with Gasteiger partial charge in [0.15, 0.2) is 11.9 Å². The number of nitrogens with zero attached hydrogens (tertiary/aromatic N) is 4. The van der Waals surface area contributed by atoms with Crippen molar-refractivity contribution in [3.63, 3.8) is 0 Å². The summed E-state index contributed by atoms with van der Waals surface area (Å²) in [5, 5.41) is 35.3. The van der Waals surface area contributed by atoms with E-state index in [0.29, 0.717) is 10.9 Å². The molecule has 1 unspecified atom stereocenters. The minimum atomic E-state index is -1.18. The maximum atomic E-state index is 10.1. The van der Waals surface area contributed by atoms with Crippen molar-refractivity contribution >= 4 is 22.8 Å². The third-order valence-corrected chi connectivity index (χ3v) is 4.48. The monoisotopic (exact) mass is 326 g/mol. The van der Waals surface area contributed by atoms with E-state index in [0.717, 1.165) is 10.4 Å². The third kappa shape index (κ3) is 2.59. The van der Waals surface area contributed by atoms with Crippen LogP contribution in [-0.4, -0.2) is 65.2 Å². The third-order valence-electron chi connectivity index (χ3n) is 3.46. The van der Waals surface area contributed by atoms with Crippen LogP contribution in [0.3, 0.4) is 0 Å². The van der Waals surface area contributed by atoms with Gasteiger partial charge in [0.2, 0.25) is 0 Å². The summed E-state index contributed by atoms with van der Waals surface area (Å²) >= 11 is 1.59. The number of ether oxygens (including phenoxy) is 1. The second-order valence-electron chi connectivity index (χ2n) is 5.40. The summed E-state index contributed by atoms with van der Waals surface area (Å²) in [5.74, 6) is 0. The Morgan fingerprint density at radius 3 is 2.73 bits per heavy atom. The van der Waals surface area contributed by atoms with Gasteiger partial charge in [0.25, 0.3) is 0 Å². The van der Waals surface area contributed by atoms with Crippen LogP contribution in [0.2, 0.25) is 0 Å². The van der Waals surface area contributed by atoms with E-state index < -0.39 is 24.5 Å². The van der Waals surface area contributed by atoms with E-state index in [1.54, 1.807) is 18.0 Å². The molecule has 0 radical (unpaired) electrons. The Morgan fingerprint density at radius 1 is 1.32 bits per heavy atom. The quantitative estimate of drug-likeness (QED) is 0.529. The molecule has 2 aromatic rings. The first-order valence-corrected chi connectivity index (χ1v) is 7.88. The number of thioether (sulfide) groups is 1. The maximum absolute atomic E-state index is 10.1. The predicted octanol–water partition coefficient (Wildman–Crippen LogP) is -0.0617. The lowest BCUT2D eigenvalue weighted by Crippen LogP contribution is -2.33.